The van der Waals surface area contributed by atoms with Gasteiger partial charge in [-0.15, -0.1) is 20.4 Å². The Labute approximate surface area is 222 Å². The summed E-state index contributed by atoms with van der Waals surface area (Å²) >= 11 is 3.74. The molecule has 2 aromatic carbocycles. The maximum atomic E-state index is 5.80. The van der Waals surface area contributed by atoms with Crippen molar-refractivity contribution < 1.29 is 8.83 Å². The van der Waals surface area contributed by atoms with Gasteiger partial charge in [-0.1, -0.05) is 61.1 Å². The molecule has 4 aromatic rings. The van der Waals surface area contributed by atoms with Crippen LogP contribution in [0.5, 0.6) is 0 Å². The molecule has 4 rings (SSSR count). The van der Waals surface area contributed by atoms with Gasteiger partial charge in [0.05, 0.1) is 11.5 Å². The van der Waals surface area contributed by atoms with Crippen molar-refractivity contribution in [3.63, 3.8) is 0 Å². The molecule has 2 aromatic heterocycles. The zero-order valence-electron chi connectivity index (χ0n) is 21.1. The van der Waals surface area contributed by atoms with Gasteiger partial charge in [0.1, 0.15) is 0 Å². The highest BCUT2D eigenvalue weighted by Gasteiger charge is 2.09. The van der Waals surface area contributed by atoms with Crippen LogP contribution in [0.3, 0.4) is 0 Å². The largest absolute Gasteiger partial charge is 0.420 e. The Morgan fingerprint density at radius 3 is 1.33 bits per heavy atom. The molecule has 36 heavy (non-hydrogen) atoms. The summed E-state index contributed by atoms with van der Waals surface area (Å²) in [5, 5.41) is 16.7. The highest BCUT2D eigenvalue weighted by molar-refractivity contribution is 7.98. The summed E-state index contributed by atoms with van der Waals surface area (Å²) in [4.78, 5) is 0. The predicted molar refractivity (Wildman–Crippen MR) is 149 cm³/mol. The average Bonchev–Trinajstić information content (AvgIpc) is 3.56. The average molecular weight is 523 g/mol. The number of hydrogen-bond donors (Lipinski definition) is 0. The van der Waals surface area contributed by atoms with Crippen LogP contribution in [0.4, 0.5) is 0 Å². The molecule has 8 heteroatoms. The fourth-order valence-corrected chi connectivity index (χ4v) is 5.37. The molecule has 2 heterocycles. The molecule has 0 amide bonds. The Morgan fingerprint density at radius 1 is 0.528 bits per heavy atom. The van der Waals surface area contributed by atoms with Gasteiger partial charge in [-0.3, -0.25) is 0 Å². The van der Waals surface area contributed by atoms with E-state index in [-0.39, 0.29) is 0 Å². The van der Waals surface area contributed by atoms with Gasteiger partial charge in [0.2, 0.25) is 23.6 Å². The predicted octanol–water partition coefficient (Wildman–Crippen LogP) is 7.91. The summed E-state index contributed by atoms with van der Waals surface area (Å²) in [7, 11) is 0. The van der Waals surface area contributed by atoms with Crippen LogP contribution < -0.4 is 0 Å². The molecule has 0 fully saturated rings. The summed E-state index contributed by atoms with van der Waals surface area (Å²) in [6.45, 7) is 4.14. The van der Waals surface area contributed by atoms with E-state index in [1.807, 2.05) is 47.8 Å². The van der Waals surface area contributed by atoms with Gasteiger partial charge in [-0.25, -0.2) is 0 Å². The monoisotopic (exact) mass is 522 g/mol. The molecule has 0 radical (unpaired) electrons. The molecule has 0 saturated carbocycles. The normalized spacial score (nSPS) is 11.3. The number of nitrogens with zero attached hydrogens (tertiary/aromatic N) is 4. The molecular formula is C28H34N4O2S2. The Morgan fingerprint density at radius 2 is 0.917 bits per heavy atom. The van der Waals surface area contributed by atoms with Crippen molar-refractivity contribution in [3.05, 3.63) is 71.4 Å². The number of thioether (sulfide) groups is 2. The van der Waals surface area contributed by atoms with Gasteiger partial charge in [-0.2, -0.15) is 23.5 Å². The van der Waals surface area contributed by atoms with Gasteiger partial charge < -0.3 is 8.83 Å². The number of aryl methyl sites for hydroxylation is 2. The van der Waals surface area contributed by atoms with E-state index in [9.17, 15) is 0 Å². The molecule has 6 nitrogen and oxygen atoms in total. The molecule has 0 N–H and O–H groups in total. The van der Waals surface area contributed by atoms with Crippen molar-refractivity contribution in [2.45, 2.75) is 63.9 Å². The lowest BCUT2D eigenvalue weighted by molar-refractivity contribution is 0.528. The molecule has 0 atom stereocenters. The molecule has 0 bridgehead atoms. The minimum Gasteiger partial charge on any atom is -0.420 e. The van der Waals surface area contributed by atoms with Crippen LogP contribution in [0, 0.1) is 13.8 Å². The first-order chi connectivity index (χ1) is 17.7. The third-order valence-electron chi connectivity index (χ3n) is 5.81. The van der Waals surface area contributed by atoms with Crippen LogP contribution >= 0.6 is 23.5 Å². The minimum absolute atomic E-state index is 0.604. The topological polar surface area (TPSA) is 77.8 Å². The SMILES string of the molecule is Cc1ccc(-c2nnc(CSCCCCCCCCSCc3nnc(-c4ccc(C)cc4)o3)o2)cc1. The zero-order valence-corrected chi connectivity index (χ0v) is 22.7. The Hall–Kier alpha value is -2.58. The maximum absolute atomic E-state index is 5.80. The van der Waals surface area contributed by atoms with E-state index in [1.54, 1.807) is 0 Å². The third kappa shape index (κ3) is 8.52. The van der Waals surface area contributed by atoms with E-state index in [0.717, 1.165) is 34.1 Å². The Kier molecular flexibility index (Phi) is 10.5. The summed E-state index contributed by atoms with van der Waals surface area (Å²) in [6.07, 6.45) is 7.63. The maximum Gasteiger partial charge on any atom is 0.247 e. The van der Waals surface area contributed by atoms with Crippen molar-refractivity contribution >= 4 is 23.5 Å². The van der Waals surface area contributed by atoms with E-state index in [1.165, 1.54) is 49.7 Å². The number of benzene rings is 2. The van der Waals surface area contributed by atoms with E-state index < -0.39 is 0 Å². The van der Waals surface area contributed by atoms with E-state index in [2.05, 4.69) is 58.5 Å². The molecular weight excluding hydrogens is 488 g/mol. The molecule has 0 spiro atoms. The molecule has 0 unspecified atom stereocenters. The highest BCUT2D eigenvalue weighted by Crippen LogP contribution is 2.22. The third-order valence-corrected chi connectivity index (χ3v) is 7.87. The molecule has 0 saturated heterocycles. The Balaban J connectivity index is 0.980. The summed E-state index contributed by atoms with van der Waals surface area (Å²) in [5.74, 6) is 6.45. The summed E-state index contributed by atoms with van der Waals surface area (Å²) < 4.78 is 11.6. The lowest BCUT2D eigenvalue weighted by Crippen LogP contribution is -1.87. The van der Waals surface area contributed by atoms with Gasteiger partial charge in [0.15, 0.2) is 0 Å². The van der Waals surface area contributed by atoms with E-state index in [0.29, 0.717) is 23.6 Å². The number of rotatable bonds is 15. The molecule has 0 aliphatic rings. The Bertz CT molecular complexity index is 1080. The molecule has 190 valence electrons. The second-order valence-electron chi connectivity index (χ2n) is 8.96. The first kappa shape index (κ1) is 26.5. The number of unbranched alkanes of at least 4 members (excludes halogenated alkanes) is 5. The first-order valence-electron chi connectivity index (χ1n) is 12.6. The molecule has 0 aliphatic carbocycles. The number of hydrogen-bond acceptors (Lipinski definition) is 8. The molecule has 0 aliphatic heterocycles. The van der Waals surface area contributed by atoms with Gasteiger partial charge in [0.25, 0.3) is 0 Å². The number of aromatic nitrogens is 4. The van der Waals surface area contributed by atoms with Crippen LogP contribution in [-0.2, 0) is 11.5 Å². The van der Waals surface area contributed by atoms with Crippen LogP contribution in [0.2, 0.25) is 0 Å². The summed E-state index contributed by atoms with van der Waals surface area (Å²) in [6, 6.07) is 16.3. The van der Waals surface area contributed by atoms with Crippen molar-refractivity contribution in [1.82, 2.24) is 20.4 Å². The van der Waals surface area contributed by atoms with Crippen LogP contribution in [0.25, 0.3) is 22.9 Å². The lowest BCUT2D eigenvalue weighted by Gasteiger charge is -2.02. The zero-order chi connectivity index (χ0) is 25.0. The van der Waals surface area contributed by atoms with Crippen molar-refractivity contribution in [2.24, 2.45) is 0 Å². The second-order valence-corrected chi connectivity index (χ2v) is 11.2. The fraction of sp³-hybridized carbons (Fsp3) is 0.429. The van der Waals surface area contributed by atoms with E-state index in [4.69, 9.17) is 8.83 Å². The van der Waals surface area contributed by atoms with E-state index >= 15 is 0 Å². The van der Waals surface area contributed by atoms with Gasteiger partial charge in [-0.05, 0) is 62.5 Å². The van der Waals surface area contributed by atoms with Crippen LogP contribution in [0.1, 0.15) is 61.4 Å². The second kappa shape index (κ2) is 14.2. The van der Waals surface area contributed by atoms with Crippen molar-refractivity contribution in [2.75, 3.05) is 11.5 Å². The van der Waals surface area contributed by atoms with Crippen molar-refractivity contribution in [3.8, 4) is 22.9 Å². The summed E-state index contributed by atoms with van der Waals surface area (Å²) in [5.41, 5.74) is 4.40. The highest BCUT2D eigenvalue weighted by atomic mass is 32.2. The standard InChI is InChI=1S/C28H34N4O2S2/c1-21-9-13-23(14-10-21)27-31-29-25(33-27)19-35-17-7-5-3-4-6-8-18-36-20-26-30-32-28(34-26)24-15-11-22(2)12-16-24/h9-16H,3-8,17-20H2,1-2H3. The van der Waals surface area contributed by atoms with Crippen LogP contribution in [-0.4, -0.2) is 31.9 Å². The minimum atomic E-state index is 0.604. The first-order valence-corrected chi connectivity index (χ1v) is 14.9. The van der Waals surface area contributed by atoms with Crippen LogP contribution in [0.15, 0.2) is 57.4 Å². The van der Waals surface area contributed by atoms with Crippen molar-refractivity contribution in [1.29, 1.82) is 0 Å². The van der Waals surface area contributed by atoms with Gasteiger partial charge >= 0.3 is 0 Å². The lowest BCUT2D eigenvalue weighted by atomic mass is 10.1. The quantitative estimate of drug-likeness (QED) is 0.146. The smallest absolute Gasteiger partial charge is 0.247 e. The fourth-order valence-electron chi connectivity index (χ4n) is 3.68. The van der Waals surface area contributed by atoms with Gasteiger partial charge in [0, 0.05) is 11.1 Å².